The number of benzene rings is 2. The smallest absolute Gasteiger partial charge is 0.321 e. The minimum Gasteiger partial charge on any atom is -0.338 e. The van der Waals surface area contributed by atoms with Crippen molar-refractivity contribution < 1.29 is 14.0 Å². The average molecular weight is 327 g/mol. The van der Waals surface area contributed by atoms with Gasteiger partial charge < -0.3 is 10.6 Å². The summed E-state index contributed by atoms with van der Waals surface area (Å²) in [7, 11) is 0. The predicted molar refractivity (Wildman–Crippen MR) is 90.5 cm³/mol. The summed E-state index contributed by atoms with van der Waals surface area (Å²) in [6.45, 7) is 1.38. The first-order valence-corrected chi connectivity index (χ1v) is 7.81. The van der Waals surface area contributed by atoms with Crippen molar-refractivity contribution in [1.29, 1.82) is 0 Å². The number of carbonyl (C=O) groups is 2. The molecule has 2 aromatic rings. The van der Waals surface area contributed by atoms with E-state index >= 15 is 0 Å². The van der Waals surface area contributed by atoms with Gasteiger partial charge in [-0.3, -0.25) is 9.69 Å². The molecule has 0 aromatic heterocycles. The molecule has 3 amide bonds. The normalized spacial score (nSPS) is 14.2. The Labute approximate surface area is 139 Å². The largest absolute Gasteiger partial charge is 0.338 e. The van der Waals surface area contributed by atoms with Gasteiger partial charge >= 0.3 is 6.03 Å². The summed E-state index contributed by atoms with van der Waals surface area (Å²) in [5.41, 5.74) is 2.20. The molecule has 0 atom stereocenters. The van der Waals surface area contributed by atoms with Crippen molar-refractivity contribution >= 4 is 23.3 Å². The summed E-state index contributed by atoms with van der Waals surface area (Å²) in [6, 6.07) is 12.9. The number of urea groups is 1. The van der Waals surface area contributed by atoms with Crippen LogP contribution in [0, 0.1) is 5.82 Å². The molecule has 1 fully saturated rings. The van der Waals surface area contributed by atoms with E-state index in [0.29, 0.717) is 18.8 Å². The first-order chi connectivity index (χ1) is 11.6. The molecule has 5 nitrogen and oxygen atoms in total. The van der Waals surface area contributed by atoms with Crippen LogP contribution in [-0.2, 0) is 11.2 Å². The number of anilines is 2. The highest BCUT2D eigenvalue weighted by Crippen LogP contribution is 2.20. The number of nitrogens with zero attached hydrogens (tertiary/aromatic N) is 1. The first-order valence-electron chi connectivity index (χ1n) is 7.81. The number of hydrogen-bond acceptors (Lipinski definition) is 2. The van der Waals surface area contributed by atoms with Gasteiger partial charge in [-0.15, -0.1) is 0 Å². The molecule has 0 saturated carbocycles. The number of hydrogen-bond donors (Lipinski definition) is 2. The highest BCUT2D eigenvalue weighted by atomic mass is 19.1. The molecule has 1 aliphatic heterocycles. The van der Waals surface area contributed by atoms with Crippen LogP contribution >= 0.6 is 0 Å². The molecule has 0 bridgehead atoms. The second-order valence-electron chi connectivity index (χ2n) is 5.64. The van der Waals surface area contributed by atoms with Crippen molar-refractivity contribution in [3.63, 3.8) is 0 Å². The zero-order valence-electron chi connectivity index (χ0n) is 13.1. The van der Waals surface area contributed by atoms with Crippen molar-refractivity contribution in [3.8, 4) is 0 Å². The Bertz CT molecular complexity index is 729. The van der Waals surface area contributed by atoms with E-state index in [1.807, 2.05) is 0 Å². The standard InChI is InChI=1S/C18H18FN3O2/c19-14-4-2-13(3-5-14)12-17(23)21-15-6-8-16(9-7-15)22-11-1-10-20-18(22)24/h2-9H,1,10-12H2,(H,20,24)(H,21,23). The number of nitrogens with one attached hydrogen (secondary N) is 2. The second-order valence-corrected chi connectivity index (χ2v) is 5.64. The van der Waals surface area contributed by atoms with Crippen LogP contribution < -0.4 is 15.5 Å². The van der Waals surface area contributed by atoms with E-state index in [4.69, 9.17) is 0 Å². The number of carbonyl (C=O) groups excluding carboxylic acids is 2. The van der Waals surface area contributed by atoms with Crippen LogP contribution in [0.15, 0.2) is 48.5 Å². The van der Waals surface area contributed by atoms with Crippen LogP contribution in [0.25, 0.3) is 0 Å². The maximum absolute atomic E-state index is 12.9. The second kappa shape index (κ2) is 7.12. The fraction of sp³-hybridized carbons (Fsp3) is 0.222. The van der Waals surface area contributed by atoms with Gasteiger partial charge in [-0.2, -0.15) is 0 Å². The summed E-state index contributed by atoms with van der Waals surface area (Å²) in [6.07, 6.45) is 1.08. The SMILES string of the molecule is O=C(Cc1ccc(F)cc1)Nc1ccc(N2CCCNC2=O)cc1. The first kappa shape index (κ1) is 16.0. The molecule has 0 radical (unpaired) electrons. The van der Waals surface area contributed by atoms with Gasteiger partial charge in [-0.25, -0.2) is 9.18 Å². The van der Waals surface area contributed by atoms with Gasteiger partial charge in [0.1, 0.15) is 5.82 Å². The van der Waals surface area contributed by atoms with Crippen LogP contribution in [0.3, 0.4) is 0 Å². The maximum atomic E-state index is 12.9. The average Bonchev–Trinajstić information content (AvgIpc) is 2.58. The molecule has 124 valence electrons. The number of halogens is 1. The summed E-state index contributed by atoms with van der Waals surface area (Å²) in [5.74, 6) is -0.499. The van der Waals surface area contributed by atoms with E-state index in [-0.39, 0.29) is 24.2 Å². The molecule has 1 heterocycles. The number of rotatable bonds is 4. The molecule has 3 rings (SSSR count). The predicted octanol–water partition coefficient (Wildman–Crippen LogP) is 2.93. The van der Waals surface area contributed by atoms with Crippen molar-refractivity contribution in [2.24, 2.45) is 0 Å². The van der Waals surface area contributed by atoms with Crippen LogP contribution in [-0.4, -0.2) is 25.0 Å². The zero-order chi connectivity index (χ0) is 16.9. The Kier molecular flexibility index (Phi) is 4.74. The minimum absolute atomic E-state index is 0.102. The fourth-order valence-corrected chi connectivity index (χ4v) is 2.59. The Balaban J connectivity index is 1.60. The van der Waals surface area contributed by atoms with Crippen molar-refractivity contribution in [3.05, 3.63) is 59.9 Å². The molecule has 2 N–H and O–H groups in total. The van der Waals surface area contributed by atoms with E-state index in [1.165, 1.54) is 12.1 Å². The topological polar surface area (TPSA) is 61.4 Å². The number of amides is 3. The van der Waals surface area contributed by atoms with E-state index in [2.05, 4.69) is 10.6 Å². The molecule has 24 heavy (non-hydrogen) atoms. The van der Waals surface area contributed by atoms with E-state index in [9.17, 15) is 14.0 Å². The van der Waals surface area contributed by atoms with Gasteiger partial charge in [0.05, 0.1) is 6.42 Å². The summed E-state index contributed by atoms with van der Waals surface area (Å²) < 4.78 is 12.9. The quantitative estimate of drug-likeness (QED) is 0.907. The fourth-order valence-electron chi connectivity index (χ4n) is 2.59. The van der Waals surface area contributed by atoms with E-state index in [1.54, 1.807) is 41.3 Å². The summed E-state index contributed by atoms with van der Waals surface area (Å²) in [4.78, 5) is 25.5. The lowest BCUT2D eigenvalue weighted by molar-refractivity contribution is -0.115. The molecule has 1 aliphatic rings. The van der Waals surface area contributed by atoms with Crippen LogP contribution in [0.1, 0.15) is 12.0 Å². The Morgan fingerprint density at radius 3 is 2.50 bits per heavy atom. The van der Waals surface area contributed by atoms with E-state index < -0.39 is 0 Å². The minimum atomic E-state index is -0.323. The highest BCUT2D eigenvalue weighted by molar-refractivity contribution is 5.94. The Morgan fingerprint density at radius 2 is 1.83 bits per heavy atom. The highest BCUT2D eigenvalue weighted by Gasteiger charge is 2.18. The third-order valence-electron chi connectivity index (χ3n) is 3.82. The summed E-state index contributed by atoms with van der Waals surface area (Å²) >= 11 is 0. The summed E-state index contributed by atoms with van der Waals surface area (Å²) in [5, 5.41) is 5.59. The molecule has 6 heteroatoms. The lowest BCUT2D eigenvalue weighted by atomic mass is 10.1. The van der Waals surface area contributed by atoms with E-state index in [0.717, 1.165) is 17.7 Å². The lowest BCUT2D eigenvalue weighted by Crippen LogP contribution is -2.46. The van der Waals surface area contributed by atoms with Gasteiger partial charge in [0.15, 0.2) is 0 Å². The molecule has 1 saturated heterocycles. The third kappa shape index (κ3) is 3.90. The van der Waals surface area contributed by atoms with Crippen molar-refractivity contribution in [2.75, 3.05) is 23.3 Å². The molecule has 0 aliphatic carbocycles. The van der Waals surface area contributed by atoms with Crippen LogP contribution in [0.5, 0.6) is 0 Å². The lowest BCUT2D eigenvalue weighted by Gasteiger charge is -2.27. The molecule has 0 unspecified atom stereocenters. The molecule has 0 spiro atoms. The van der Waals surface area contributed by atoms with Crippen LogP contribution in [0.2, 0.25) is 0 Å². The van der Waals surface area contributed by atoms with Crippen molar-refractivity contribution in [1.82, 2.24) is 5.32 Å². The molecule has 2 aromatic carbocycles. The van der Waals surface area contributed by atoms with Gasteiger partial charge in [0.2, 0.25) is 5.91 Å². The Morgan fingerprint density at radius 1 is 1.12 bits per heavy atom. The third-order valence-corrected chi connectivity index (χ3v) is 3.82. The van der Waals surface area contributed by atoms with Gasteiger partial charge in [-0.05, 0) is 48.4 Å². The van der Waals surface area contributed by atoms with Gasteiger partial charge in [0.25, 0.3) is 0 Å². The van der Waals surface area contributed by atoms with Gasteiger partial charge in [0, 0.05) is 24.5 Å². The van der Waals surface area contributed by atoms with Crippen molar-refractivity contribution in [2.45, 2.75) is 12.8 Å². The molecular weight excluding hydrogens is 309 g/mol. The molecular formula is C18H18FN3O2. The van der Waals surface area contributed by atoms with Gasteiger partial charge in [-0.1, -0.05) is 12.1 Å². The monoisotopic (exact) mass is 327 g/mol. The maximum Gasteiger partial charge on any atom is 0.321 e. The zero-order valence-corrected chi connectivity index (χ0v) is 13.1. The Hall–Kier alpha value is -2.89. The van der Waals surface area contributed by atoms with Crippen LogP contribution in [0.4, 0.5) is 20.6 Å².